The molecule has 0 bridgehead atoms. The molecular weight excluding hydrogens is 306 g/mol. The third-order valence-corrected chi connectivity index (χ3v) is 4.49. The van der Waals surface area contributed by atoms with E-state index in [0.717, 1.165) is 25.4 Å². The molecule has 0 aliphatic carbocycles. The Hall–Kier alpha value is -2.34. The monoisotopic (exact) mass is 329 g/mol. The zero-order chi connectivity index (χ0) is 17.1. The number of nitrogens with zero attached hydrogens (tertiary/aromatic N) is 3. The Morgan fingerprint density at radius 2 is 1.92 bits per heavy atom. The Kier molecular flexibility index (Phi) is 4.85. The molecule has 0 radical (unpaired) electrons. The van der Waals surface area contributed by atoms with Gasteiger partial charge < -0.3 is 14.2 Å². The second-order valence-corrected chi connectivity index (χ2v) is 6.08. The minimum atomic E-state index is 0.0168. The van der Waals surface area contributed by atoms with Crippen molar-refractivity contribution in [2.45, 2.75) is 20.4 Å². The first-order valence-electron chi connectivity index (χ1n) is 8.16. The summed E-state index contributed by atoms with van der Waals surface area (Å²) in [5.74, 6) is 1.52. The highest BCUT2D eigenvalue weighted by Crippen LogP contribution is 2.21. The zero-order valence-corrected chi connectivity index (χ0v) is 14.4. The maximum Gasteiger partial charge on any atom is 0.259 e. The maximum absolute atomic E-state index is 12.7. The van der Waals surface area contributed by atoms with Crippen molar-refractivity contribution in [3.05, 3.63) is 46.8 Å². The molecular formula is C18H23N3O3. The van der Waals surface area contributed by atoms with Crippen LogP contribution in [0, 0.1) is 13.8 Å². The van der Waals surface area contributed by atoms with Crippen LogP contribution in [0.15, 0.2) is 28.8 Å². The number of benzene rings is 1. The van der Waals surface area contributed by atoms with Crippen molar-refractivity contribution in [1.29, 1.82) is 0 Å². The van der Waals surface area contributed by atoms with Crippen LogP contribution < -0.4 is 4.74 Å². The first-order chi connectivity index (χ1) is 11.6. The molecule has 1 fully saturated rings. The van der Waals surface area contributed by atoms with Crippen molar-refractivity contribution in [3.8, 4) is 5.75 Å². The first kappa shape index (κ1) is 16.5. The van der Waals surface area contributed by atoms with Gasteiger partial charge in [-0.15, -0.1) is 0 Å². The van der Waals surface area contributed by atoms with Gasteiger partial charge in [-0.25, -0.2) is 0 Å². The van der Waals surface area contributed by atoms with Crippen LogP contribution in [-0.2, 0) is 6.54 Å². The van der Waals surface area contributed by atoms with Gasteiger partial charge >= 0.3 is 0 Å². The number of hydrogen-bond acceptors (Lipinski definition) is 5. The number of aryl methyl sites for hydroxylation is 2. The van der Waals surface area contributed by atoms with E-state index in [2.05, 4.69) is 16.1 Å². The number of methoxy groups -OCH3 is 1. The van der Waals surface area contributed by atoms with E-state index in [4.69, 9.17) is 9.26 Å². The highest BCUT2D eigenvalue weighted by atomic mass is 16.5. The Labute approximate surface area is 142 Å². The minimum absolute atomic E-state index is 0.0168. The van der Waals surface area contributed by atoms with Gasteiger partial charge in [0.15, 0.2) is 0 Å². The normalized spacial score (nSPS) is 15.5. The lowest BCUT2D eigenvalue weighted by Crippen LogP contribution is -2.48. The van der Waals surface area contributed by atoms with Crippen LogP contribution >= 0.6 is 0 Å². The Balaban J connectivity index is 1.61. The summed E-state index contributed by atoms with van der Waals surface area (Å²) in [5, 5.41) is 3.88. The van der Waals surface area contributed by atoms with Crippen LogP contribution in [-0.4, -0.2) is 54.2 Å². The van der Waals surface area contributed by atoms with Gasteiger partial charge in [-0.2, -0.15) is 0 Å². The number of carbonyl (C=O) groups is 1. The summed E-state index contributed by atoms with van der Waals surface area (Å²) >= 11 is 0. The molecule has 6 nitrogen and oxygen atoms in total. The van der Waals surface area contributed by atoms with Crippen LogP contribution in [0.1, 0.15) is 27.4 Å². The molecule has 1 amide bonds. The van der Waals surface area contributed by atoms with Crippen LogP contribution in [0.25, 0.3) is 0 Å². The molecule has 6 heteroatoms. The quantitative estimate of drug-likeness (QED) is 0.861. The molecule has 24 heavy (non-hydrogen) atoms. The fourth-order valence-corrected chi connectivity index (χ4v) is 3.13. The molecule has 1 aliphatic rings. The molecule has 1 saturated heterocycles. The molecule has 1 aromatic carbocycles. The number of amides is 1. The number of ether oxygens (including phenoxy) is 1. The Bertz CT molecular complexity index is 699. The lowest BCUT2D eigenvalue weighted by Gasteiger charge is -2.34. The van der Waals surface area contributed by atoms with Gasteiger partial charge in [-0.05, 0) is 19.9 Å². The minimum Gasteiger partial charge on any atom is -0.496 e. The summed E-state index contributed by atoms with van der Waals surface area (Å²) in [4.78, 5) is 16.9. The standard InChI is InChI=1S/C18H23N3O3/c1-13-17(14(2)24-19-13)18(22)21-10-8-20(9-11-21)12-15-6-4-5-7-16(15)23-3/h4-7H,8-12H2,1-3H3. The third-order valence-electron chi connectivity index (χ3n) is 4.49. The van der Waals surface area contributed by atoms with Crippen molar-refractivity contribution < 1.29 is 14.1 Å². The van der Waals surface area contributed by atoms with Gasteiger partial charge in [-0.1, -0.05) is 23.4 Å². The smallest absolute Gasteiger partial charge is 0.259 e. The van der Waals surface area contributed by atoms with E-state index in [1.807, 2.05) is 30.0 Å². The Morgan fingerprint density at radius 3 is 2.54 bits per heavy atom. The number of rotatable bonds is 4. The van der Waals surface area contributed by atoms with Gasteiger partial charge in [0.25, 0.3) is 5.91 Å². The number of piperazine rings is 1. The van der Waals surface area contributed by atoms with Crippen molar-refractivity contribution in [1.82, 2.24) is 15.0 Å². The van der Waals surface area contributed by atoms with E-state index in [-0.39, 0.29) is 5.91 Å². The van der Waals surface area contributed by atoms with Crippen LogP contribution in [0.3, 0.4) is 0 Å². The molecule has 1 aliphatic heterocycles. The molecule has 0 unspecified atom stereocenters. The average molecular weight is 329 g/mol. The lowest BCUT2D eigenvalue weighted by atomic mass is 10.1. The van der Waals surface area contributed by atoms with E-state index in [9.17, 15) is 4.79 Å². The fraction of sp³-hybridized carbons (Fsp3) is 0.444. The average Bonchev–Trinajstić information content (AvgIpc) is 2.94. The van der Waals surface area contributed by atoms with Gasteiger partial charge in [0, 0.05) is 38.3 Å². The van der Waals surface area contributed by atoms with Crippen molar-refractivity contribution >= 4 is 5.91 Å². The predicted molar refractivity (Wildman–Crippen MR) is 90.2 cm³/mol. The summed E-state index contributed by atoms with van der Waals surface area (Å²) in [5.41, 5.74) is 2.44. The van der Waals surface area contributed by atoms with Crippen molar-refractivity contribution in [2.24, 2.45) is 0 Å². The van der Waals surface area contributed by atoms with Crippen molar-refractivity contribution in [3.63, 3.8) is 0 Å². The molecule has 2 aromatic rings. The predicted octanol–water partition coefficient (Wildman–Crippen LogP) is 2.26. The number of carbonyl (C=O) groups excluding carboxylic acids is 1. The van der Waals surface area contributed by atoms with Gasteiger partial charge in [0.05, 0.1) is 12.8 Å². The van der Waals surface area contributed by atoms with E-state index >= 15 is 0 Å². The van der Waals surface area contributed by atoms with Gasteiger partial charge in [-0.3, -0.25) is 9.69 Å². The second-order valence-electron chi connectivity index (χ2n) is 6.08. The topological polar surface area (TPSA) is 58.8 Å². The SMILES string of the molecule is COc1ccccc1CN1CCN(C(=O)c2c(C)noc2C)CC1. The van der Waals surface area contributed by atoms with E-state index < -0.39 is 0 Å². The zero-order valence-electron chi connectivity index (χ0n) is 14.4. The van der Waals surface area contributed by atoms with Gasteiger partial charge in [0.2, 0.25) is 0 Å². The summed E-state index contributed by atoms with van der Waals surface area (Å²) in [6.07, 6.45) is 0. The second kappa shape index (κ2) is 7.05. The van der Waals surface area contributed by atoms with Crippen LogP contribution in [0.2, 0.25) is 0 Å². The Morgan fingerprint density at radius 1 is 1.21 bits per heavy atom. The number of hydrogen-bond donors (Lipinski definition) is 0. The molecule has 1 aromatic heterocycles. The first-order valence-corrected chi connectivity index (χ1v) is 8.16. The highest BCUT2D eigenvalue weighted by Gasteiger charge is 2.26. The number of para-hydroxylation sites is 1. The maximum atomic E-state index is 12.7. The molecule has 0 spiro atoms. The molecule has 0 atom stereocenters. The largest absolute Gasteiger partial charge is 0.496 e. The van der Waals surface area contributed by atoms with Crippen molar-refractivity contribution in [2.75, 3.05) is 33.3 Å². The van der Waals surface area contributed by atoms with E-state index in [0.29, 0.717) is 30.1 Å². The summed E-state index contributed by atoms with van der Waals surface area (Å²) in [6, 6.07) is 8.06. The third kappa shape index (κ3) is 3.28. The number of aromatic nitrogens is 1. The summed E-state index contributed by atoms with van der Waals surface area (Å²) < 4.78 is 10.5. The summed E-state index contributed by atoms with van der Waals surface area (Å²) in [6.45, 7) is 7.51. The van der Waals surface area contributed by atoms with Gasteiger partial charge in [0.1, 0.15) is 17.1 Å². The lowest BCUT2D eigenvalue weighted by molar-refractivity contribution is 0.0625. The van der Waals surface area contributed by atoms with Crippen LogP contribution in [0.4, 0.5) is 0 Å². The molecule has 0 N–H and O–H groups in total. The van der Waals surface area contributed by atoms with E-state index in [1.54, 1.807) is 14.0 Å². The molecule has 128 valence electrons. The fourth-order valence-electron chi connectivity index (χ4n) is 3.13. The summed E-state index contributed by atoms with van der Waals surface area (Å²) in [7, 11) is 1.69. The molecule has 2 heterocycles. The molecule has 3 rings (SSSR count). The van der Waals surface area contributed by atoms with E-state index in [1.165, 1.54) is 5.56 Å². The van der Waals surface area contributed by atoms with Crippen LogP contribution in [0.5, 0.6) is 5.75 Å². The highest BCUT2D eigenvalue weighted by molar-refractivity contribution is 5.96. The molecule has 0 saturated carbocycles.